The van der Waals surface area contributed by atoms with Gasteiger partial charge in [-0.15, -0.1) is 0 Å². The van der Waals surface area contributed by atoms with Gasteiger partial charge in [-0.25, -0.2) is 0 Å². The maximum absolute atomic E-state index is 11.7. The fraction of sp³-hybridized carbons (Fsp3) is 1.00. The predicted molar refractivity (Wildman–Crippen MR) is 56.3 cm³/mol. The van der Waals surface area contributed by atoms with Gasteiger partial charge >= 0.3 is 6.18 Å². The number of rotatable bonds is 7. The number of hydrogen-bond acceptors (Lipinski definition) is 1. The van der Waals surface area contributed by atoms with Crippen molar-refractivity contribution >= 4 is 10.8 Å². The Bertz CT molecular complexity index is 171. The Kier molecular flexibility index (Phi) is 10.6. The highest BCUT2D eigenvalue weighted by molar-refractivity contribution is 7.84. The molecule has 1 atom stereocenters. The van der Waals surface area contributed by atoms with E-state index in [4.69, 9.17) is 0 Å². The number of halogens is 3. The van der Waals surface area contributed by atoms with E-state index < -0.39 is 23.4 Å². The smallest absolute Gasteiger partial charge is 0.389 e. The van der Waals surface area contributed by atoms with Gasteiger partial charge in [0.2, 0.25) is 0 Å². The molecule has 0 radical (unpaired) electrons. The molecule has 0 heterocycles. The molecule has 2 N–H and O–H groups in total. The summed E-state index contributed by atoms with van der Waals surface area (Å²) < 4.78 is 45.7. The Morgan fingerprint density at radius 3 is 1.93 bits per heavy atom. The Morgan fingerprint density at radius 1 is 1.00 bits per heavy atom. The van der Waals surface area contributed by atoms with E-state index >= 15 is 0 Å². The average Bonchev–Trinajstić information content (AvgIpc) is 2.00. The maximum atomic E-state index is 11.7. The van der Waals surface area contributed by atoms with Crippen molar-refractivity contribution in [1.82, 2.24) is 0 Å². The standard InChI is InChI=1S/C9H17F3OS.H2O/c1-14(13)8-6-4-2-3-5-7-9(10,11)12;/h2-8H2,1H3;1H2. The van der Waals surface area contributed by atoms with E-state index in [1.54, 1.807) is 6.26 Å². The van der Waals surface area contributed by atoms with E-state index in [9.17, 15) is 17.4 Å². The molecule has 0 saturated carbocycles. The quantitative estimate of drug-likeness (QED) is 0.638. The molecule has 2 nitrogen and oxygen atoms in total. The van der Waals surface area contributed by atoms with E-state index in [1.807, 2.05) is 0 Å². The van der Waals surface area contributed by atoms with E-state index in [0.717, 1.165) is 19.3 Å². The minimum atomic E-state index is -4.01. The Labute approximate surface area is 91.0 Å². The normalized spacial score (nSPS) is 13.3. The highest BCUT2D eigenvalue weighted by atomic mass is 32.2. The van der Waals surface area contributed by atoms with Crippen LogP contribution in [0, 0.1) is 0 Å². The van der Waals surface area contributed by atoms with E-state index in [2.05, 4.69) is 0 Å². The van der Waals surface area contributed by atoms with Crippen LogP contribution in [0.3, 0.4) is 0 Å². The summed E-state index contributed by atoms with van der Waals surface area (Å²) in [7, 11) is -0.767. The molecule has 0 aliphatic rings. The zero-order valence-corrected chi connectivity index (χ0v) is 9.72. The van der Waals surface area contributed by atoms with Crippen molar-refractivity contribution in [3.63, 3.8) is 0 Å². The Balaban J connectivity index is 0. The van der Waals surface area contributed by atoms with Crippen LogP contribution >= 0.6 is 0 Å². The molecule has 94 valence electrons. The second kappa shape index (κ2) is 9.15. The summed E-state index contributed by atoms with van der Waals surface area (Å²) in [6.45, 7) is 0. The average molecular weight is 248 g/mol. The highest BCUT2D eigenvalue weighted by Gasteiger charge is 2.25. The molecule has 0 aliphatic carbocycles. The maximum Gasteiger partial charge on any atom is 0.389 e. The van der Waals surface area contributed by atoms with Crippen LogP contribution < -0.4 is 0 Å². The monoisotopic (exact) mass is 248 g/mol. The fourth-order valence-corrected chi connectivity index (χ4v) is 1.77. The van der Waals surface area contributed by atoms with E-state index in [-0.39, 0.29) is 11.9 Å². The van der Waals surface area contributed by atoms with Crippen LogP contribution in [0.4, 0.5) is 13.2 Å². The summed E-state index contributed by atoms with van der Waals surface area (Å²) in [5, 5.41) is 0. The molecule has 0 aromatic carbocycles. The molecule has 0 saturated heterocycles. The first-order chi connectivity index (χ1) is 6.42. The minimum Gasteiger partial charge on any atom is -0.412 e. The molecule has 0 aromatic rings. The molecule has 0 fully saturated rings. The minimum absolute atomic E-state index is 0. The predicted octanol–water partition coefficient (Wildman–Crippen LogP) is 2.44. The molecular formula is C9H19F3O2S. The first-order valence-corrected chi connectivity index (χ1v) is 6.51. The van der Waals surface area contributed by atoms with Crippen molar-refractivity contribution in [2.24, 2.45) is 0 Å². The Hall–Kier alpha value is -0.100. The molecule has 1 unspecified atom stereocenters. The van der Waals surface area contributed by atoms with Gasteiger partial charge in [0.25, 0.3) is 0 Å². The van der Waals surface area contributed by atoms with Crippen LogP contribution in [0.2, 0.25) is 0 Å². The second-order valence-electron chi connectivity index (χ2n) is 3.41. The molecule has 0 aromatic heterocycles. The number of alkyl halides is 3. The van der Waals surface area contributed by atoms with Gasteiger partial charge in [0.1, 0.15) is 0 Å². The van der Waals surface area contributed by atoms with Crippen molar-refractivity contribution in [3.8, 4) is 0 Å². The molecule has 0 rings (SSSR count). The summed E-state index contributed by atoms with van der Waals surface area (Å²) in [6.07, 6.45) is 0.357. The number of hydrogen-bond donors (Lipinski definition) is 0. The van der Waals surface area contributed by atoms with Gasteiger partial charge in [0, 0.05) is 29.2 Å². The zero-order chi connectivity index (χ0) is 11.0. The molecule has 0 aliphatic heterocycles. The van der Waals surface area contributed by atoms with Crippen molar-refractivity contribution in [3.05, 3.63) is 0 Å². The van der Waals surface area contributed by atoms with Crippen molar-refractivity contribution in [2.75, 3.05) is 12.0 Å². The van der Waals surface area contributed by atoms with Gasteiger partial charge in [-0.05, 0) is 12.8 Å². The first kappa shape index (κ1) is 17.3. The first-order valence-electron chi connectivity index (χ1n) is 4.78. The van der Waals surface area contributed by atoms with Crippen LogP contribution in [-0.2, 0) is 10.8 Å². The summed E-state index contributed by atoms with van der Waals surface area (Å²) in [6, 6.07) is 0. The molecule has 0 spiro atoms. The molecule has 0 bridgehead atoms. The van der Waals surface area contributed by atoms with E-state index in [0.29, 0.717) is 12.2 Å². The molecule has 15 heavy (non-hydrogen) atoms. The van der Waals surface area contributed by atoms with Gasteiger partial charge in [-0.2, -0.15) is 13.2 Å². The summed E-state index contributed by atoms with van der Waals surface area (Å²) in [5.74, 6) is 0.666. The topological polar surface area (TPSA) is 48.6 Å². The third kappa shape index (κ3) is 16.6. The van der Waals surface area contributed by atoms with Crippen molar-refractivity contribution in [1.29, 1.82) is 0 Å². The zero-order valence-electron chi connectivity index (χ0n) is 8.90. The summed E-state index contributed by atoms with van der Waals surface area (Å²) >= 11 is 0. The van der Waals surface area contributed by atoms with Crippen LogP contribution in [-0.4, -0.2) is 27.9 Å². The third-order valence-corrected chi connectivity index (χ3v) is 2.76. The summed E-state index contributed by atoms with van der Waals surface area (Å²) in [5.41, 5.74) is 0. The SMILES string of the molecule is CS(=O)CCCCCCCC(F)(F)F.O. The number of unbranched alkanes of at least 4 members (excludes halogenated alkanes) is 4. The van der Waals surface area contributed by atoms with Crippen LogP contribution in [0.1, 0.15) is 38.5 Å². The van der Waals surface area contributed by atoms with Gasteiger partial charge in [0.15, 0.2) is 0 Å². The van der Waals surface area contributed by atoms with E-state index in [1.165, 1.54) is 0 Å². The van der Waals surface area contributed by atoms with Crippen LogP contribution in [0.5, 0.6) is 0 Å². The molecule has 0 amide bonds. The summed E-state index contributed by atoms with van der Waals surface area (Å²) in [4.78, 5) is 0. The highest BCUT2D eigenvalue weighted by Crippen LogP contribution is 2.22. The Morgan fingerprint density at radius 2 is 1.47 bits per heavy atom. The van der Waals surface area contributed by atoms with Gasteiger partial charge in [-0.3, -0.25) is 4.21 Å². The van der Waals surface area contributed by atoms with Gasteiger partial charge < -0.3 is 5.48 Å². The fourth-order valence-electron chi connectivity index (χ4n) is 1.16. The lowest BCUT2D eigenvalue weighted by Crippen LogP contribution is -2.06. The van der Waals surface area contributed by atoms with Crippen molar-refractivity contribution in [2.45, 2.75) is 44.7 Å². The lowest BCUT2D eigenvalue weighted by atomic mass is 10.1. The molecular weight excluding hydrogens is 229 g/mol. The van der Waals surface area contributed by atoms with Gasteiger partial charge in [-0.1, -0.05) is 19.3 Å². The lowest BCUT2D eigenvalue weighted by molar-refractivity contribution is -0.135. The van der Waals surface area contributed by atoms with Gasteiger partial charge in [0.05, 0.1) is 0 Å². The second-order valence-corrected chi connectivity index (χ2v) is 4.96. The van der Waals surface area contributed by atoms with Crippen LogP contribution in [0.15, 0.2) is 0 Å². The third-order valence-electron chi connectivity index (χ3n) is 1.89. The largest absolute Gasteiger partial charge is 0.412 e. The van der Waals surface area contributed by atoms with Crippen LogP contribution in [0.25, 0.3) is 0 Å². The lowest BCUT2D eigenvalue weighted by Gasteiger charge is -2.05. The van der Waals surface area contributed by atoms with Crippen molar-refractivity contribution < 1.29 is 22.9 Å². The molecule has 6 heteroatoms.